The molecule has 5 heteroatoms. The van der Waals surface area contributed by atoms with Crippen molar-refractivity contribution in [2.45, 2.75) is 20.3 Å². The van der Waals surface area contributed by atoms with Gasteiger partial charge in [0, 0.05) is 6.42 Å². The van der Waals surface area contributed by atoms with Crippen LogP contribution >= 0.6 is 0 Å². The SMILES string of the molecule is C=CCOc1nc(CC)nc(NN)c1C. The van der Waals surface area contributed by atoms with Gasteiger partial charge in [0.25, 0.3) is 0 Å². The van der Waals surface area contributed by atoms with Crippen molar-refractivity contribution < 1.29 is 4.74 Å². The quantitative estimate of drug-likeness (QED) is 0.432. The standard InChI is InChI=1S/C10H16N4O/c1-4-6-15-10-7(3)9(14-11)12-8(5-2)13-10/h4H,1,5-6,11H2,2-3H3,(H,12,13,14). The zero-order valence-electron chi connectivity index (χ0n) is 9.08. The minimum atomic E-state index is 0.422. The number of nitrogen functional groups attached to an aromatic ring is 1. The number of aromatic nitrogens is 2. The second-order valence-electron chi connectivity index (χ2n) is 3.02. The largest absolute Gasteiger partial charge is 0.473 e. The van der Waals surface area contributed by atoms with Gasteiger partial charge in [0.05, 0.1) is 5.56 Å². The minimum absolute atomic E-state index is 0.422. The van der Waals surface area contributed by atoms with Crippen LogP contribution in [0.25, 0.3) is 0 Å². The van der Waals surface area contributed by atoms with Gasteiger partial charge in [-0.15, -0.1) is 0 Å². The first-order valence-corrected chi connectivity index (χ1v) is 4.80. The lowest BCUT2D eigenvalue weighted by Crippen LogP contribution is -2.13. The van der Waals surface area contributed by atoms with E-state index in [9.17, 15) is 0 Å². The highest BCUT2D eigenvalue weighted by atomic mass is 16.5. The van der Waals surface area contributed by atoms with Crippen LogP contribution in [0.3, 0.4) is 0 Å². The summed E-state index contributed by atoms with van der Waals surface area (Å²) in [5.74, 6) is 7.21. The lowest BCUT2D eigenvalue weighted by atomic mass is 10.3. The Bertz CT molecular complexity index is 352. The van der Waals surface area contributed by atoms with E-state index in [0.29, 0.717) is 24.1 Å². The Balaban J connectivity index is 3.05. The van der Waals surface area contributed by atoms with Gasteiger partial charge in [0.2, 0.25) is 5.88 Å². The molecular weight excluding hydrogens is 192 g/mol. The zero-order valence-corrected chi connectivity index (χ0v) is 9.08. The molecular formula is C10H16N4O. The van der Waals surface area contributed by atoms with E-state index in [1.165, 1.54) is 0 Å². The third-order valence-corrected chi connectivity index (χ3v) is 1.94. The molecule has 0 bridgehead atoms. The Morgan fingerprint density at radius 2 is 2.27 bits per heavy atom. The van der Waals surface area contributed by atoms with Crippen molar-refractivity contribution in [3.05, 3.63) is 24.0 Å². The number of aryl methyl sites for hydroxylation is 1. The average molecular weight is 208 g/mol. The highest BCUT2D eigenvalue weighted by Gasteiger charge is 2.09. The number of hydrazine groups is 1. The molecule has 0 aromatic carbocycles. The molecule has 0 fully saturated rings. The van der Waals surface area contributed by atoms with Crippen molar-refractivity contribution in [2.75, 3.05) is 12.0 Å². The molecule has 82 valence electrons. The van der Waals surface area contributed by atoms with Gasteiger partial charge in [0.15, 0.2) is 0 Å². The Hall–Kier alpha value is -1.62. The van der Waals surface area contributed by atoms with Crippen molar-refractivity contribution in [1.29, 1.82) is 0 Å². The van der Waals surface area contributed by atoms with Crippen LogP contribution in [0.15, 0.2) is 12.7 Å². The summed E-state index contributed by atoms with van der Waals surface area (Å²) in [6, 6.07) is 0. The molecule has 1 aromatic heterocycles. The lowest BCUT2D eigenvalue weighted by molar-refractivity contribution is 0.344. The lowest BCUT2D eigenvalue weighted by Gasteiger charge is -2.11. The first-order chi connectivity index (χ1) is 7.22. The second-order valence-corrected chi connectivity index (χ2v) is 3.02. The predicted octanol–water partition coefficient (Wildman–Crippen LogP) is 1.20. The van der Waals surface area contributed by atoms with E-state index in [2.05, 4.69) is 22.0 Å². The third kappa shape index (κ3) is 2.66. The van der Waals surface area contributed by atoms with Crippen LogP contribution in [0.2, 0.25) is 0 Å². The molecule has 1 rings (SSSR count). The molecule has 0 unspecified atom stereocenters. The average Bonchev–Trinajstić information content (AvgIpc) is 2.27. The van der Waals surface area contributed by atoms with E-state index in [0.717, 1.165) is 12.0 Å². The monoisotopic (exact) mass is 208 g/mol. The molecule has 0 atom stereocenters. The van der Waals surface area contributed by atoms with E-state index in [-0.39, 0.29) is 0 Å². The van der Waals surface area contributed by atoms with E-state index >= 15 is 0 Å². The molecule has 0 amide bonds. The molecule has 0 spiro atoms. The smallest absolute Gasteiger partial charge is 0.222 e. The van der Waals surface area contributed by atoms with E-state index < -0.39 is 0 Å². The Labute approximate surface area is 89.3 Å². The number of hydrogen-bond acceptors (Lipinski definition) is 5. The molecule has 0 saturated carbocycles. The molecule has 3 N–H and O–H groups in total. The van der Waals surface area contributed by atoms with Gasteiger partial charge in [0.1, 0.15) is 18.2 Å². The highest BCUT2D eigenvalue weighted by Crippen LogP contribution is 2.21. The molecule has 1 heterocycles. The van der Waals surface area contributed by atoms with Crippen LogP contribution in [0, 0.1) is 6.92 Å². The van der Waals surface area contributed by atoms with Crippen molar-refractivity contribution in [2.24, 2.45) is 5.84 Å². The van der Waals surface area contributed by atoms with Crippen molar-refractivity contribution in [3.63, 3.8) is 0 Å². The fourth-order valence-corrected chi connectivity index (χ4v) is 1.12. The summed E-state index contributed by atoms with van der Waals surface area (Å²) < 4.78 is 5.41. The summed E-state index contributed by atoms with van der Waals surface area (Å²) >= 11 is 0. The first-order valence-electron chi connectivity index (χ1n) is 4.80. The summed E-state index contributed by atoms with van der Waals surface area (Å²) in [5.41, 5.74) is 3.33. The van der Waals surface area contributed by atoms with E-state index in [1.807, 2.05) is 13.8 Å². The van der Waals surface area contributed by atoms with Gasteiger partial charge in [-0.3, -0.25) is 0 Å². The Morgan fingerprint density at radius 1 is 1.53 bits per heavy atom. The van der Waals surface area contributed by atoms with Gasteiger partial charge in [-0.05, 0) is 6.92 Å². The fourth-order valence-electron chi connectivity index (χ4n) is 1.12. The molecule has 1 aromatic rings. The molecule has 5 nitrogen and oxygen atoms in total. The number of nitrogens with zero attached hydrogens (tertiary/aromatic N) is 2. The Kier molecular flexibility index (Phi) is 4.05. The number of hydrogen-bond donors (Lipinski definition) is 2. The van der Waals surface area contributed by atoms with E-state index in [4.69, 9.17) is 10.6 Å². The Morgan fingerprint density at radius 3 is 2.80 bits per heavy atom. The number of ether oxygens (including phenoxy) is 1. The molecule has 0 aliphatic carbocycles. The van der Waals surface area contributed by atoms with Crippen molar-refractivity contribution in [1.82, 2.24) is 9.97 Å². The van der Waals surface area contributed by atoms with Gasteiger partial charge >= 0.3 is 0 Å². The van der Waals surface area contributed by atoms with Crippen LogP contribution in [0.4, 0.5) is 5.82 Å². The predicted molar refractivity (Wildman–Crippen MR) is 59.6 cm³/mol. The maximum atomic E-state index is 5.41. The zero-order chi connectivity index (χ0) is 11.3. The first kappa shape index (κ1) is 11.5. The fraction of sp³-hybridized carbons (Fsp3) is 0.400. The van der Waals surface area contributed by atoms with Gasteiger partial charge in [-0.2, -0.15) is 4.98 Å². The summed E-state index contributed by atoms with van der Waals surface area (Å²) in [6.45, 7) is 7.83. The topological polar surface area (TPSA) is 73.1 Å². The minimum Gasteiger partial charge on any atom is -0.473 e. The maximum Gasteiger partial charge on any atom is 0.222 e. The molecule has 0 aliphatic rings. The van der Waals surface area contributed by atoms with Crippen LogP contribution in [-0.4, -0.2) is 16.6 Å². The normalized spacial score (nSPS) is 9.80. The second kappa shape index (κ2) is 5.31. The highest BCUT2D eigenvalue weighted by molar-refractivity contribution is 5.47. The van der Waals surface area contributed by atoms with E-state index in [1.54, 1.807) is 6.08 Å². The van der Waals surface area contributed by atoms with Gasteiger partial charge in [-0.25, -0.2) is 10.8 Å². The van der Waals surface area contributed by atoms with Crippen LogP contribution in [0.1, 0.15) is 18.3 Å². The van der Waals surface area contributed by atoms with Crippen LogP contribution < -0.4 is 16.0 Å². The third-order valence-electron chi connectivity index (χ3n) is 1.94. The molecule has 0 radical (unpaired) electrons. The van der Waals surface area contributed by atoms with Crippen molar-refractivity contribution >= 4 is 5.82 Å². The summed E-state index contributed by atoms with van der Waals surface area (Å²) in [6.07, 6.45) is 2.40. The summed E-state index contributed by atoms with van der Waals surface area (Å²) in [4.78, 5) is 8.49. The molecule has 15 heavy (non-hydrogen) atoms. The number of rotatable bonds is 5. The summed E-state index contributed by atoms with van der Waals surface area (Å²) in [5, 5.41) is 0. The number of nitrogens with one attached hydrogen (secondary N) is 1. The number of nitrogens with two attached hydrogens (primary N) is 1. The molecule has 0 saturated heterocycles. The molecule has 0 aliphatic heterocycles. The van der Waals surface area contributed by atoms with Gasteiger partial charge < -0.3 is 10.2 Å². The summed E-state index contributed by atoms with van der Waals surface area (Å²) in [7, 11) is 0. The number of anilines is 1. The van der Waals surface area contributed by atoms with Crippen molar-refractivity contribution in [3.8, 4) is 5.88 Å². The van der Waals surface area contributed by atoms with Crippen LogP contribution in [0.5, 0.6) is 5.88 Å². The maximum absolute atomic E-state index is 5.41. The van der Waals surface area contributed by atoms with Crippen LogP contribution in [-0.2, 0) is 6.42 Å². The van der Waals surface area contributed by atoms with Gasteiger partial charge in [-0.1, -0.05) is 19.6 Å².